The van der Waals surface area contributed by atoms with Crippen LogP contribution in [-0.4, -0.2) is 24.1 Å². The normalized spacial score (nSPS) is 11.7. The zero-order valence-electron chi connectivity index (χ0n) is 16.3. The van der Waals surface area contributed by atoms with E-state index in [4.69, 9.17) is 17.3 Å². The Hall–Kier alpha value is -3.16. The van der Waals surface area contributed by atoms with Crippen molar-refractivity contribution in [3.63, 3.8) is 0 Å². The molecule has 0 saturated heterocycles. The largest absolute Gasteiger partial charge is 0.398 e. The van der Waals surface area contributed by atoms with Gasteiger partial charge >= 0.3 is 0 Å². The molecule has 1 heterocycles. The van der Waals surface area contributed by atoms with E-state index in [1.165, 1.54) is 36.5 Å². The van der Waals surface area contributed by atoms with Crippen LogP contribution in [0.1, 0.15) is 5.56 Å². The molecule has 0 aliphatic heterocycles. The van der Waals surface area contributed by atoms with Gasteiger partial charge in [0.05, 0.1) is 16.3 Å². The van der Waals surface area contributed by atoms with Crippen molar-refractivity contribution >= 4 is 44.0 Å². The Bertz CT molecular complexity index is 1400. The molecule has 8 heteroatoms. The van der Waals surface area contributed by atoms with E-state index in [1.807, 2.05) is 0 Å². The fraction of sp³-hybridized carbons (Fsp3) is 0.0870. The molecule has 0 saturated carbocycles. The highest BCUT2D eigenvalue weighted by Gasteiger charge is 2.22. The quantitative estimate of drug-likeness (QED) is 0.339. The van der Waals surface area contributed by atoms with Crippen molar-refractivity contribution < 1.29 is 17.6 Å². The van der Waals surface area contributed by atoms with Gasteiger partial charge in [0.25, 0.3) is 10.0 Å². The van der Waals surface area contributed by atoms with Gasteiger partial charge < -0.3 is 5.73 Å². The number of Topliss-reactive ketones (excluding diaryl/α,β-unsaturated/α-hetero) is 1. The lowest BCUT2D eigenvalue weighted by molar-refractivity contribution is -0.116. The maximum atomic E-state index is 14.0. The highest BCUT2D eigenvalue weighted by Crippen LogP contribution is 2.35. The van der Waals surface area contributed by atoms with E-state index in [1.54, 1.807) is 36.4 Å². The van der Waals surface area contributed by atoms with Crippen molar-refractivity contribution in [3.8, 4) is 11.1 Å². The van der Waals surface area contributed by atoms with Crippen LogP contribution in [0.3, 0.4) is 0 Å². The molecule has 0 bridgehead atoms. The van der Waals surface area contributed by atoms with E-state index in [-0.39, 0.29) is 28.5 Å². The number of hydrogen-bond acceptors (Lipinski definition) is 4. The van der Waals surface area contributed by atoms with Crippen molar-refractivity contribution in [2.45, 2.75) is 11.3 Å². The average molecular weight is 457 g/mol. The highest BCUT2D eigenvalue weighted by atomic mass is 35.5. The Morgan fingerprint density at radius 3 is 2.48 bits per heavy atom. The molecule has 4 rings (SSSR count). The second-order valence-corrected chi connectivity index (χ2v) is 9.16. The zero-order chi connectivity index (χ0) is 22.2. The number of anilines is 1. The summed E-state index contributed by atoms with van der Waals surface area (Å²) in [7, 11) is -3.96. The van der Waals surface area contributed by atoms with Crippen molar-refractivity contribution in [1.82, 2.24) is 3.97 Å². The van der Waals surface area contributed by atoms with Crippen LogP contribution in [-0.2, 0) is 21.2 Å². The van der Waals surface area contributed by atoms with Gasteiger partial charge in [-0.1, -0.05) is 24.3 Å². The second kappa shape index (κ2) is 8.17. The van der Waals surface area contributed by atoms with Crippen molar-refractivity contribution in [3.05, 3.63) is 84.3 Å². The predicted molar refractivity (Wildman–Crippen MR) is 120 cm³/mol. The fourth-order valence-corrected chi connectivity index (χ4v) is 4.97. The first-order valence-corrected chi connectivity index (χ1v) is 11.4. The van der Waals surface area contributed by atoms with Crippen LogP contribution in [0.2, 0.25) is 0 Å². The van der Waals surface area contributed by atoms with Crippen LogP contribution in [0.5, 0.6) is 0 Å². The lowest BCUT2D eigenvalue weighted by Crippen LogP contribution is -2.11. The summed E-state index contributed by atoms with van der Waals surface area (Å²) in [5.41, 5.74) is 8.49. The number of fused-ring (bicyclic) bond motifs is 1. The number of benzene rings is 3. The van der Waals surface area contributed by atoms with Crippen molar-refractivity contribution in [2.75, 3.05) is 11.6 Å². The third-order valence-corrected chi connectivity index (χ3v) is 7.01. The Morgan fingerprint density at radius 1 is 1.03 bits per heavy atom. The first kappa shape index (κ1) is 21.1. The summed E-state index contributed by atoms with van der Waals surface area (Å²) in [5, 5.41) is 0.556. The fourth-order valence-electron chi connectivity index (χ4n) is 3.49. The number of nitrogens with two attached hydrogens (primary N) is 1. The number of hydrogen-bond donors (Lipinski definition) is 1. The molecular weight excluding hydrogens is 439 g/mol. The molecule has 0 spiro atoms. The summed E-state index contributed by atoms with van der Waals surface area (Å²) in [4.78, 5) is 11.9. The van der Waals surface area contributed by atoms with Gasteiger partial charge in [-0.05, 0) is 53.6 Å². The number of alkyl halides is 1. The smallest absolute Gasteiger partial charge is 0.268 e. The van der Waals surface area contributed by atoms with E-state index in [2.05, 4.69) is 0 Å². The third-order valence-electron chi connectivity index (χ3n) is 5.02. The molecule has 4 aromatic rings. The van der Waals surface area contributed by atoms with E-state index in [9.17, 15) is 17.6 Å². The standard InChI is InChI=1S/C23H18ClFN2O3S/c24-13-18(28)11-16-10-15(6-9-22(16)26)21-14-27(23-12-17(25)7-8-20(21)23)31(29,30)19-4-2-1-3-5-19/h1-10,12,14H,11,13,26H2. The average Bonchev–Trinajstić information content (AvgIpc) is 3.15. The van der Waals surface area contributed by atoms with Crippen LogP contribution < -0.4 is 5.73 Å². The van der Waals surface area contributed by atoms with Gasteiger partial charge in [0.2, 0.25) is 0 Å². The van der Waals surface area contributed by atoms with Gasteiger partial charge in [-0.3, -0.25) is 4.79 Å². The Balaban J connectivity index is 1.94. The first-order chi connectivity index (χ1) is 14.8. The van der Waals surface area contributed by atoms with E-state index < -0.39 is 15.8 Å². The number of nitrogens with zero attached hydrogens (tertiary/aromatic N) is 1. The number of rotatable bonds is 6. The van der Waals surface area contributed by atoms with E-state index in [0.717, 1.165) is 3.97 Å². The van der Waals surface area contributed by atoms with Gasteiger partial charge in [0, 0.05) is 29.3 Å². The number of carbonyl (C=O) groups excluding carboxylic acids is 1. The monoisotopic (exact) mass is 456 g/mol. The molecule has 5 nitrogen and oxygen atoms in total. The van der Waals surface area contributed by atoms with Gasteiger partial charge in [-0.15, -0.1) is 11.6 Å². The summed E-state index contributed by atoms with van der Waals surface area (Å²) in [6.45, 7) is 0. The lowest BCUT2D eigenvalue weighted by Gasteiger charge is -2.08. The van der Waals surface area contributed by atoms with Crippen LogP contribution in [0.4, 0.5) is 10.1 Å². The van der Waals surface area contributed by atoms with Crippen molar-refractivity contribution in [2.24, 2.45) is 0 Å². The molecule has 31 heavy (non-hydrogen) atoms. The molecule has 0 radical (unpaired) electrons. The number of carbonyl (C=O) groups is 1. The minimum atomic E-state index is -3.96. The molecule has 3 aromatic carbocycles. The molecule has 0 fully saturated rings. The Morgan fingerprint density at radius 2 is 1.77 bits per heavy atom. The second-order valence-electron chi connectivity index (χ2n) is 7.08. The number of halogens is 2. The van der Waals surface area contributed by atoms with Gasteiger partial charge in [0.1, 0.15) is 5.82 Å². The summed E-state index contributed by atoms with van der Waals surface area (Å²) in [6, 6.07) is 17.1. The highest BCUT2D eigenvalue weighted by molar-refractivity contribution is 7.90. The maximum absolute atomic E-state index is 14.0. The molecule has 1 aromatic heterocycles. The lowest BCUT2D eigenvalue weighted by atomic mass is 9.99. The van der Waals surface area contributed by atoms with Gasteiger partial charge in [0.15, 0.2) is 5.78 Å². The summed E-state index contributed by atoms with van der Waals surface area (Å²) in [5.74, 6) is -0.855. The summed E-state index contributed by atoms with van der Waals surface area (Å²) in [6.07, 6.45) is 1.53. The number of ketones is 1. The Labute approximate surface area is 183 Å². The van der Waals surface area contributed by atoms with Crippen LogP contribution in [0.25, 0.3) is 22.0 Å². The van der Waals surface area contributed by atoms with E-state index >= 15 is 0 Å². The molecule has 2 N–H and O–H groups in total. The van der Waals surface area contributed by atoms with Crippen molar-refractivity contribution in [1.29, 1.82) is 0 Å². The Kier molecular flexibility index (Phi) is 5.56. The topological polar surface area (TPSA) is 82.2 Å². The van der Waals surface area contributed by atoms with Crippen LogP contribution in [0.15, 0.2) is 77.8 Å². The molecule has 0 amide bonds. The SMILES string of the molecule is Nc1ccc(-c2cn(S(=O)(=O)c3ccccc3)c3cc(F)ccc23)cc1CC(=O)CCl. The van der Waals surface area contributed by atoms with Crippen LogP contribution in [0, 0.1) is 5.82 Å². The predicted octanol–water partition coefficient (Wildman–Crippen LogP) is 4.62. The van der Waals surface area contributed by atoms with E-state index in [0.29, 0.717) is 27.8 Å². The van der Waals surface area contributed by atoms with Gasteiger partial charge in [-0.2, -0.15) is 0 Å². The first-order valence-electron chi connectivity index (χ1n) is 9.39. The third kappa shape index (κ3) is 3.94. The maximum Gasteiger partial charge on any atom is 0.268 e. The molecule has 0 atom stereocenters. The molecule has 158 valence electrons. The minimum Gasteiger partial charge on any atom is -0.398 e. The molecule has 0 aliphatic rings. The van der Waals surface area contributed by atoms with Crippen LogP contribution >= 0.6 is 11.6 Å². The summed E-state index contributed by atoms with van der Waals surface area (Å²) < 4.78 is 41.7. The zero-order valence-corrected chi connectivity index (χ0v) is 17.8. The summed E-state index contributed by atoms with van der Waals surface area (Å²) >= 11 is 5.62. The molecule has 0 aliphatic carbocycles. The molecule has 0 unspecified atom stereocenters. The number of nitrogen functional groups attached to an aromatic ring is 1. The number of aromatic nitrogens is 1. The van der Waals surface area contributed by atoms with Gasteiger partial charge in [-0.25, -0.2) is 16.8 Å². The molecular formula is C23H18ClFN2O3S. The minimum absolute atomic E-state index is 0.0682.